The lowest BCUT2D eigenvalue weighted by Crippen LogP contribution is -2.14. The van der Waals surface area contributed by atoms with Gasteiger partial charge in [0.25, 0.3) is 5.91 Å². The summed E-state index contributed by atoms with van der Waals surface area (Å²) in [6.07, 6.45) is 5.57. The number of anilines is 2. The molecule has 2 aromatic heterocycles. The lowest BCUT2D eigenvalue weighted by Gasteiger charge is -2.09. The third-order valence-electron chi connectivity index (χ3n) is 3.73. The first-order valence-electron chi connectivity index (χ1n) is 8.13. The van der Waals surface area contributed by atoms with Crippen LogP contribution in [-0.4, -0.2) is 22.4 Å². The van der Waals surface area contributed by atoms with Gasteiger partial charge in [0.2, 0.25) is 0 Å². The van der Waals surface area contributed by atoms with Gasteiger partial charge in [0.05, 0.1) is 11.2 Å². The molecular formula is C19H20N4O. The van der Waals surface area contributed by atoms with Crippen molar-refractivity contribution in [3.63, 3.8) is 0 Å². The molecule has 1 amide bonds. The molecule has 24 heavy (non-hydrogen) atoms. The van der Waals surface area contributed by atoms with Crippen LogP contribution < -0.4 is 10.6 Å². The van der Waals surface area contributed by atoms with Crippen LogP contribution in [0, 0.1) is 0 Å². The lowest BCUT2D eigenvalue weighted by molar-refractivity contribution is 0.102. The zero-order valence-electron chi connectivity index (χ0n) is 13.6. The number of nitrogens with one attached hydrogen (secondary N) is 2. The number of aromatic nitrogens is 2. The second-order valence-electron chi connectivity index (χ2n) is 5.54. The molecule has 3 aromatic rings. The molecule has 2 N–H and O–H groups in total. The predicted molar refractivity (Wildman–Crippen MR) is 97.3 cm³/mol. The van der Waals surface area contributed by atoms with E-state index >= 15 is 0 Å². The number of pyridine rings is 2. The van der Waals surface area contributed by atoms with Crippen molar-refractivity contribution < 1.29 is 4.79 Å². The first-order chi connectivity index (χ1) is 11.8. The van der Waals surface area contributed by atoms with Gasteiger partial charge in [0.1, 0.15) is 5.69 Å². The molecule has 0 saturated heterocycles. The summed E-state index contributed by atoms with van der Waals surface area (Å²) in [5, 5.41) is 7.19. The summed E-state index contributed by atoms with van der Waals surface area (Å²) >= 11 is 0. The average Bonchev–Trinajstić information content (AvgIpc) is 2.62. The van der Waals surface area contributed by atoms with Gasteiger partial charge >= 0.3 is 0 Å². The highest BCUT2D eigenvalue weighted by atomic mass is 16.1. The van der Waals surface area contributed by atoms with E-state index in [1.165, 1.54) is 0 Å². The van der Waals surface area contributed by atoms with Crippen LogP contribution in [0.2, 0.25) is 0 Å². The molecule has 0 bridgehead atoms. The van der Waals surface area contributed by atoms with Crippen LogP contribution in [-0.2, 0) is 0 Å². The van der Waals surface area contributed by atoms with Gasteiger partial charge in [-0.25, -0.2) is 0 Å². The van der Waals surface area contributed by atoms with Crippen molar-refractivity contribution in [3.8, 4) is 0 Å². The maximum Gasteiger partial charge on any atom is 0.274 e. The largest absolute Gasteiger partial charge is 0.385 e. The number of hydrogen-bond acceptors (Lipinski definition) is 4. The fraction of sp³-hybridized carbons (Fsp3) is 0.211. The second-order valence-corrected chi connectivity index (χ2v) is 5.54. The summed E-state index contributed by atoms with van der Waals surface area (Å²) in [6.45, 7) is 3.03. The van der Waals surface area contributed by atoms with Crippen LogP contribution in [0.25, 0.3) is 10.9 Å². The molecule has 5 heteroatoms. The first-order valence-corrected chi connectivity index (χ1v) is 8.13. The summed E-state index contributed by atoms with van der Waals surface area (Å²) in [5.41, 5.74) is 2.74. The van der Waals surface area contributed by atoms with Crippen molar-refractivity contribution in [1.82, 2.24) is 9.97 Å². The monoisotopic (exact) mass is 320 g/mol. The number of fused-ring (bicyclic) bond motifs is 1. The number of carbonyl (C=O) groups is 1. The number of amides is 1. The van der Waals surface area contributed by atoms with Crippen LogP contribution in [0.5, 0.6) is 0 Å². The minimum absolute atomic E-state index is 0.243. The Morgan fingerprint density at radius 1 is 1.08 bits per heavy atom. The van der Waals surface area contributed by atoms with Crippen LogP contribution in [0.4, 0.5) is 11.4 Å². The molecule has 0 fully saturated rings. The molecule has 0 aliphatic rings. The molecule has 122 valence electrons. The molecule has 0 aliphatic heterocycles. The van der Waals surface area contributed by atoms with E-state index < -0.39 is 0 Å². The van der Waals surface area contributed by atoms with Crippen molar-refractivity contribution in [2.45, 2.75) is 19.8 Å². The Hall–Kier alpha value is -2.95. The smallest absolute Gasteiger partial charge is 0.274 e. The van der Waals surface area contributed by atoms with Gasteiger partial charge in [-0.3, -0.25) is 14.8 Å². The molecule has 0 atom stereocenters. The highest BCUT2D eigenvalue weighted by Crippen LogP contribution is 2.21. The molecule has 0 aliphatic carbocycles. The minimum Gasteiger partial charge on any atom is -0.385 e. The first kappa shape index (κ1) is 15.9. The Kier molecular flexibility index (Phi) is 5.01. The number of nitrogens with zero attached hydrogens (tertiary/aromatic N) is 2. The number of benzene rings is 1. The summed E-state index contributed by atoms with van der Waals surface area (Å²) in [5.74, 6) is -0.243. The number of para-hydroxylation sites is 1. The maximum atomic E-state index is 12.5. The highest BCUT2D eigenvalue weighted by molar-refractivity contribution is 6.07. The molecule has 1 aromatic carbocycles. The third-order valence-corrected chi connectivity index (χ3v) is 3.73. The predicted octanol–water partition coefficient (Wildman–Crippen LogP) is 4.09. The molecule has 0 unspecified atom stereocenters. The van der Waals surface area contributed by atoms with Crippen molar-refractivity contribution in [2.24, 2.45) is 0 Å². The van der Waals surface area contributed by atoms with Crippen molar-refractivity contribution in [1.29, 1.82) is 0 Å². The number of hydrogen-bond donors (Lipinski definition) is 2. The van der Waals surface area contributed by atoms with Crippen LogP contribution in [0.15, 0.2) is 54.9 Å². The fourth-order valence-electron chi connectivity index (χ4n) is 2.47. The summed E-state index contributed by atoms with van der Waals surface area (Å²) in [4.78, 5) is 21.0. The van der Waals surface area contributed by atoms with Crippen molar-refractivity contribution in [3.05, 3.63) is 60.6 Å². The summed E-state index contributed by atoms with van der Waals surface area (Å²) in [7, 11) is 0. The van der Waals surface area contributed by atoms with Crippen LogP contribution in [0.3, 0.4) is 0 Å². The fourth-order valence-corrected chi connectivity index (χ4v) is 2.47. The molecule has 0 saturated carbocycles. The lowest BCUT2D eigenvalue weighted by atomic mass is 10.2. The van der Waals surface area contributed by atoms with E-state index in [4.69, 9.17) is 0 Å². The van der Waals surface area contributed by atoms with Gasteiger partial charge in [-0.2, -0.15) is 0 Å². The van der Waals surface area contributed by atoms with Crippen molar-refractivity contribution in [2.75, 3.05) is 17.2 Å². The summed E-state index contributed by atoms with van der Waals surface area (Å²) in [6, 6.07) is 13.2. The maximum absolute atomic E-state index is 12.5. The summed E-state index contributed by atoms with van der Waals surface area (Å²) < 4.78 is 0. The van der Waals surface area contributed by atoms with Gasteiger partial charge in [0.15, 0.2) is 0 Å². The van der Waals surface area contributed by atoms with Gasteiger partial charge in [-0.15, -0.1) is 0 Å². The quantitative estimate of drug-likeness (QED) is 0.671. The Balaban J connectivity index is 1.78. The van der Waals surface area contributed by atoms with E-state index in [2.05, 4.69) is 27.5 Å². The second kappa shape index (κ2) is 7.55. The zero-order chi connectivity index (χ0) is 16.8. The SMILES string of the molecule is CCCCNc1ccnc(C(=O)Nc2cccc3cccnc23)c1. The standard InChI is InChI=1S/C19H20N4O/c1-2-3-10-20-15-9-12-21-17(13-15)19(24)23-16-8-4-6-14-7-5-11-22-18(14)16/h4-9,11-13H,2-3,10H2,1H3,(H,20,21)(H,23,24). The van der Waals surface area contributed by atoms with Gasteiger partial charge in [0, 0.05) is 30.0 Å². The van der Waals surface area contributed by atoms with E-state index in [1.54, 1.807) is 18.5 Å². The minimum atomic E-state index is -0.243. The molecule has 5 nitrogen and oxygen atoms in total. The van der Waals surface area contributed by atoms with E-state index in [0.717, 1.165) is 36.0 Å². The Bertz CT molecular complexity index is 842. The molecular weight excluding hydrogens is 300 g/mol. The highest BCUT2D eigenvalue weighted by Gasteiger charge is 2.10. The zero-order valence-corrected chi connectivity index (χ0v) is 13.6. The van der Waals surface area contributed by atoms with E-state index in [1.807, 2.05) is 36.4 Å². The number of rotatable bonds is 6. The number of carbonyl (C=O) groups excluding carboxylic acids is 1. The van der Waals surface area contributed by atoms with E-state index in [-0.39, 0.29) is 5.91 Å². The topological polar surface area (TPSA) is 66.9 Å². The molecule has 0 radical (unpaired) electrons. The van der Waals surface area contributed by atoms with Crippen molar-refractivity contribution >= 4 is 28.2 Å². The molecule has 0 spiro atoms. The van der Waals surface area contributed by atoms with Crippen LogP contribution >= 0.6 is 0 Å². The average molecular weight is 320 g/mol. The molecule has 3 rings (SSSR count). The Morgan fingerprint density at radius 3 is 2.83 bits per heavy atom. The Morgan fingerprint density at radius 2 is 1.96 bits per heavy atom. The van der Waals surface area contributed by atoms with Gasteiger partial charge in [-0.1, -0.05) is 31.5 Å². The molecule has 2 heterocycles. The van der Waals surface area contributed by atoms with E-state index in [0.29, 0.717) is 11.4 Å². The van der Waals surface area contributed by atoms with E-state index in [9.17, 15) is 4.79 Å². The Labute approximate surface area is 141 Å². The van der Waals surface area contributed by atoms with Crippen LogP contribution in [0.1, 0.15) is 30.3 Å². The normalized spacial score (nSPS) is 10.5. The van der Waals surface area contributed by atoms with Gasteiger partial charge < -0.3 is 10.6 Å². The van der Waals surface area contributed by atoms with Gasteiger partial charge in [-0.05, 0) is 30.7 Å². The number of unbranched alkanes of at least 4 members (excludes halogenated alkanes) is 1. The third kappa shape index (κ3) is 3.68.